The Bertz CT molecular complexity index is 1250. The highest BCUT2D eigenvalue weighted by Crippen LogP contribution is 2.39. The zero-order valence-electron chi connectivity index (χ0n) is 17.3. The van der Waals surface area contributed by atoms with Crippen molar-refractivity contribution < 1.29 is 22.6 Å². The van der Waals surface area contributed by atoms with Gasteiger partial charge in [0.1, 0.15) is 22.2 Å². The van der Waals surface area contributed by atoms with Crippen molar-refractivity contribution in [2.24, 2.45) is 0 Å². The minimum atomic E-state index is -4.63. The molecule has 3 aromatic heterocycles. The van der Waals surface area contributed by atoms with Crippen LogP contribution < -0.4 is 20.1 Å². The van der Waals surface area contributed by atoms with Gasteiger partial charge in [0.2, 0.25) is 0 Å². The Kier molecular flexibility index (Phi) is 6.27. The highest BCUT2D eigenvalue weighted by Gasteiger charge is 2.35. The van der Waals surface area contributed by atoms with Gasteiger partial charge in [-0.2, -0.15) is 13.2 Å². The van der Waals surface area contributed by atoms with Crippen LogP contribution >= 0.6 is 11.3 Å². The van der Waals surface area contributed by atoms with Gasteiger partial charge in [-0.1, -0.05) is 0 Å². The Hall–Kier alpha value is -3.93. The van der Waals surface area contributed by atoms with Crippen molar-refractivity contribution in [1.29, 1.82) is 0 Å². The maximum Gasteiger partial charge on any atom is 0.419 e. The highest BCUT2D eigenvalue weighted by molar-refractivity contribution is 7.13. The van der Waals surface area contributed by atoms with Crippen molar-refractivity contribution >= 4 is 34.3 Å². The molecule has 0 amide bonds. The minimum Gasteiger partial charge on any atom is -0.497 e. The van der Waals surface area contributed by atoms with E-state index in [4.69, 9.17) is 9.47 Å². The summed E-state index contributed by atoms with van der Waals surface area (Å²) in [5.74, 6) is 1.73. The first-order valence-corrected chi connectivity index (χ1v) is 10.3. The number of alkyl halides is 3. The maximum atomic E-state index is 13.7. The van der Waals surface area contributed by atoms with Gasteiger partial charge < -0.3 is 20.1 Å². The van der Waals surface area contributed by atoms with Crippen molar-refractivity contribution in [2.75, 3.05) is 24.9 Å². The first-order chi connectivity index (χ1) is 15.9. The molecular formula is C21H17F3N6O2S. The zero-order chi connectivity index (χ0) is 23.4. The van der Waals surface area contributed by atoms with E-state index < -0.39 is 11.7 Å². The number of anilines is 4. The predicted octanol–water partition coefficient (Wildman–Crippen LogP) is 5.52. The second-order valence-electron chi connectivity index (χ2n) is 6.53. The van der Waals surface area contributed by atoms with E-state index in [-0.39, 0.29) is 17.3 Å². The Morgan fingerprint density at radius 1 is 0.909 bits per heavy atom. The average molecular weight is 474 g/mol. The highest BCUT2D eigenvalue weighted by atomic mass is 32.1. The molecule has 0 bridgehead atoms. The molecule has 170 valence electrons. The normalized spacial score (nSPS) is 11.2. The number of nitrogens with one attached hydrogen (secondary N) is 2. The van der Waals surface area contributed by atoms with Gasteiger partial charge in [-0.3, -0.25) is 0 Å². The molecule has 0 aliphatic rings. The smallest absolute Gasteiger partial charge is 0.419 e. The zero-order valence-corrected chi connectivity index (χ0v) is 18.2. The molecule has 0 fully saturated rings. The number of rotatable bonds is 7. The Morgan fingerprint density at radius 3 is 2.39 bits per heavy atom. The summed E-state index contributed by atoms with van der Waals surface area (Å²) in [4.78, 5) is 16.9. The Labute approximate surface area is 190 Å². The topological polar surface area (TPSA) is 94.1 Å². The first kappa shape index (κ1) is 22.3. The van der Waals surface area contributed by atoms with Crippen LogP contribution in [0.15, 0.2) is 54.4 Å². The quantitative estimate of drug-likeness (QED) is 0.362. The first-order valence-electron chi connectivity index (χ1n) is 9.43. The van der Waals surface area contributed by atoms with Crippen LogP contribution in [0.5, 0.6) is 11.5 Å². The van der Waals surface area contributed by atoms with E-state index in [0.29, 0.717) is 27.9 Å². The number of thiazole rings is 1. The van der Waals surface area contributed by atoms with Crippen molar-refractivity contribution in [2.45, 2.75) is 6.18 Å². The standard InChI is InChI=1S/C21H17F3N6O2S/c1-31-12-4-5-14(16(8-12)32-2)29-17-9-15(13(10-27-17)21(22,23)24)30-20-18(33-11-28-20)19-25-6-3-7-26-19/h3-11H,1-2H3,(H2,27,29,30). The third-order valence-electron chi connectivity index (χ3n) is 4.47. The van der Waals surface area contributed by atoms with Crippen LogP contribution in [0.1, 0.15) is 5.56 Å². The van der Waals surface area contributed by atoms with Gasteiger partial charge in [0.05, 0.1) is 36.7 Å². The summed E-state index contributed by atoms with van der Waals surface area (Å²) in [6, 6.07) is 7.91. The lowest BCUT2D eigenvalue weighted by molar-refractivity contribution is -0.137. The molecule has 12 heteroatoms. The van der Waals surface area contributed by atoms with E-state index in [2.05, 4.69) is 30.6 Å². The second kappa shape index (κ2) is 9.28. The van der Waals surface area contributed by atoms with Crippen molar-refractivity contribution in [3.8, 4) is 22.2 Å². The van der Waals surface area contributed by atoms with E-state index in [1.165, 1.54) is 37.1 Å². The molecule has 0 saturated heterocycles. The lowest BCUT2D eigenvalue weighted by Crippen LogP contribution is -2.11. The number of hydrogen-bond donors (Lipinski definition) is 2. The molecule has 4 rings (SSSR count). The molecule has 0 spiro atoms. The van der Waals surface area contributed by atoms with E-state index in [1.807, 2.05) is 0 Å². The van der Waals surface area contributed by atoms with Gasteiger partial charge in [0.25, 0.3) is 0 Å². The molecule has 8 nitrogen and oxygen atoms in total. The summed E-state index contributed by atoms with van der Waals surface area (Å²) >= 11 is 1.21. The molecule has 1 aromatic carbocycles. The molecule has 0 unspecified atom stereocenters. The van der Waals surface area contributed by atoms with Crippen LogP contribution in [0.4, 0.5) is 36.2 Å². The van der Waals surface area contributed by atoms with Crippen molar-refractivity contribution in [3.63, 3.8) is 0 Å². The van der Waals surface area contributed by atoms with E-state index >= 15 is 0 Å². The molecule has 33 heavy (non-hydrogen) atoms. The molecule has 0 saturated carbocycles. The number of hydrogen-bond acceptors (Lipinski definition) is 9. The van der Waals surface area contributed by atoms with Crippen LogP contribution in [0, 0.1) is 0 Å². The summed E-state index contributed by atoms with van der Waals surface area (Å²) in [5.41, 5.74) is 0.839. The van der Waals surface area contributed by atoms with Crippen molar-refractivity contribution in [1.82, 2.24) is 19.9 Å². The van der Waals surface area contributed by atoms with E-state index in [0.717, 1.165) is 6.20 Å². The SMILES string of the molecule is COc1ccc(Nc2cc(Nc3ncsc3-c3ncccn3)c(C(F)(F)F)cn2)c(OC)c1. The van der Waals surface area contributed by atoms with Crippen molar-refractivity contribution in [3.05, 3.63) is 60.0 Å². The maximum absolute atomic E-state index is 13.7. The molecular weight excluding hydrogens is 457 g/mol. The fourth-order valence-corrected chi connectivity index (χ4v) is 3.62. The minimum absolute atomic E-state index is 0.168. The third kappa shape index (κ3) is 4.95. The van der Waals surface area contributed by atoms with Gasteiger partial charge in [0.15, 0.2) is 11.6 Å². The summed E-state index contributed by atoms with van der Waals surface area (Å²) in [6.07, 6.45) is -0.788. The molecule has 0 aliphatic carbocycles. The van der Waals surface area contributed by atoms with Gasteiger partial charge >= 0.3 is 6.18 Å². The Balaban J connectivity index is 1.70. The molecule has 0 atom stereocenters. The summed E-state index contributed by atoms with van der Waals surface area (Å²) in [5, 5.41) is 5.75. The number of nitrogens with zero attached hydrogens (tertiary/aromatic N) is 4. The molecule has 0 radical (unpaired) electrons. The van der Waals surface area contributed by atoms with E-state index in [1.54, 1.807) is 36.7 Å². The number of ether oxygens (including phenoxy) is 2. The summed E-state index contributed by atoms with van der Waals surface area (Å²) in [6.45, 7) is 0. The fourth-order valence-electron chi connectivity index (χ4n) is 2.93. The fraction of sp³-hybridized carbons (Fsp3) is 0.143. The predicted molar refractivity (Wildman–Crippen MR) is 118 cm³/mol. The lowest BCUT2D eigenvalue weighted by Gasteiger charge is -2.16. The number of benzene rings is 1. The van der Waals surface area contributed by atoms with Gasteiger partial charge in [-0.25, -0.2) is 19.9 Å². The van der Waals surface area contributed by atoms with Crippen LogP contribution in [-0.2, 0) is 6.18 Å². The van der Waals surface area contributed by atoms with Crippen LogP contribution in [0.25, 0.3) is 10.7 Å². The molecule has 3 heterocycles. The number of pyridine rings is 1. The monoisotopic (exact) mass is 474 g/mol. The largest absolute Gasteiger partial charge is 0.497 e. The molecule has 2 N–H and O–H groups in total. The number of halogens is 3. The van der Waals surface area contributed by atoms with Crippen LogP contribution in [-0.4, -0.2) is 34.2 Å². The second-order valence-corrected chi connectivity index (χ2v) is 7.39. The van der Waals surface area contributed by atoms with E-state index in [9.17, 15) is 13.2 Å². The number of aromatic nitrogens is 4. The Morgan fingerprint density at radius 2 is 1.70 bits per heavy atom. The third-order valence-corrected chi connectivity index (χ3v) is 5.29. The average Bonchev–Trinajstić information content (AvgIpc) is 3.27. The lowest BCUT2D eigenvalue weighted by atomic mass is 10.2. The van der Waals surface area contributed by atoms with Gasteiger partial charge in [-0.05, 0) is 18.2 Å². The number of methoxy groups -OCH3 is 2. The van der Waals surface area contributed by atoms with Crippen LogP contribution in [0.3, 0.4) is 0 Å². The summed E-state index contributed by atoms with van der Waals surface area (Å²) in [7, 11) is 2.99. The van der Waals surface area contributed by atoms with Crippen LogP contribution in [0.2, 0.25) is 0 Å². The summed E-state index contributed by atoms with van der Waals surface area (Å²) < 4.78 is 51.5. The molecule has 4 aromatic rings. The van der Waals surface area contributed by atoms with Gasteiger partial charge in [-0.15, -0.1) is 11.3 Å². The van der Waals surface area contributed by atoms with Gasteiger partial charge in [0, 0.05) is 30.7 Å². The molecule has 0 aliphatic heterocycles.